The lowest BCUT2D eigenvalue weighted by molar-refractivity contribution is -0.0294. The van der Waals surface area contributed by atoms with E-state index in [1.54, 1.807) is 0 Å². The Hall–Kier alpha value is -0.120. The summed E-state index contributed by atoms with van der Waals surface area (Å²) in [5.41, 5.74) is -0.250. The maximum atomic E-state index is 9.55. The molecule has 0 bridgehead atoms. The SMILES string of the molecule is CCC1CCCC(OCC(C)(CO)NC2CC2)C1. The first-order chi connectivity index (χ1) is 8.65. The van der Waals surface area contributed by atoms with E-state index < -0.39 is 0 Å². The first-order valence-corrected chi connectivity index (χ1v) is 7.65. The fourth-order valence-corrected chi connectivity index (χ4v) is 2.92. The monoisotopic (exact) mass is 255 g/mol. The van der Waals surface area contributed by atoms with Crippen molar-refractivity contribution in [3.05, 3.63) is 0 Å². The minimum Gasteiger partial charge on any atom is -0.394 e. The molecule has 0 amide bonds. The zero-order valence-electron chi connectivity index (χ0n) is 12.0. The molecular formula is C15H29NO2. The van der Waals surface area contributed by atoms with Crippen molar-refractivity contribution in [2.24, 2.45) is 5.92 Å². The Balaban J connectivity index is 1.74. The van der Waals surface area contributed by atoms with Crippen LogP contribution in [0.5, 0.6) is 0 Å². The zero-order chi connectivity index (χ0) is 13.0. The van der Waals surface area contributed by atoms with Crippen molar-refractivity contribution in [3.8, 4) is 0 Å². The topological polar surface area (TPSA) is 41.5 Å². The molecular weight excluding hydrogens is 226 g/mol. The van der Waals surface area contributed by atoms with E-state index in [-0.39, 0.29) is 12.1 Å². The van der Waals surface area contributed by atoms with Gasteiger partial charge in [0.25, 0.3) is 0 Å². The summed E-state index contributed by atoms with van der Waals surface area (Å²) in [7, 11) is 0. The fourth-order valence-electron chi connectivity index (χ4n) is 2.92. The van der Waals surface area contributed by atoms with Crippen LogP contribution in [-0.4, -0.2) is 36.0 Å². The van der Waals surface area contributed by atoms with Crippen molar-refractivity contribution < 1.29 is 9.84 Å². The lowest BCUT2D eigenvalue weighted by Crippen LogP contribution is -2.51. The molecule has 2 aliphatic carbocycles. The van der Waals surface area contributed by atoms with Gasteiger partial charge in [-0.2, -0.15) is 0 Å². The maximum Gasteiger partial charge on any atom is 0.0671 e. The van der Waals surface area contributed by atoms with Crippen molar-refractivity contribution in [2.45, 2.75) is 76.5 Å². The highest BCUT2D eigenvalue weighted by molar-refractivity contribution is 4.92. The molecule has 2 aliphatic rings. The fraction of sp³-hybridized carbons (Fsp3) is 1.00. The molecule has 3 unspecified atom stereocenters. The molecule has 0 aliphatic heterocycles. The van der Waals surface area contributed by atoms with Crippen LogP contribution in [0, 0.1) is 5.92 Å². The smallest absolute Gasteiger partial charge is 0.0671 e. The van der Waals surface area contributed by atoms with Gasteiger partial charge in [-0.15, -0.1) is 0 Å². The molecule has 3 heteroatoms. The van der Waals surface area contributed by atoms with Gasteiger partial charge in [0.1, 0.15) is 0 Å². The molecule has 2 fully saturated rings. The third-order valence-corrected chi connectivity index (χ3v) is 4.43. The van der Waals surface area contributed by atoms with Crippen LogP contribution >= 0.6 is 0 Å². The minimum absolute atomic E-state index is 0.160. The highest BCUT2D eigenvalue weighted by Crippen LogP contribution is 2.29. The average molecular weight is 255 g/mol. The van der Waals surface area contributed by atoms with Gasteiger partial charge in [-0.05, 0) is 38.5 Å². The van der Waals surface area contributed by atoms with Gasteiger partial charge in [-0.3, -0.25) is 0 Å². The average Bonchev–Trinajstić information content (AvgIpc) is 3.20. The summed E-state index contributed by atoms with van der Waals surface area (Å²) < 4.78 is 6.08. The van der Waals surface area contributed by atoms with Gasteiger partial charge in [0, 0.05) is 6.04 Å². The summed E-state index contributed by atoms with van der Waals surface area (Å²) in [6.45, 7) is 5.15. The number of hydrogen-bond acceptors (Lipinski definition) is 3. The molecule has 3 atom stereocenters. The summed E-state index contributed by atoms with van der Waals surface area (Å²) in [6, 6.07) is 0.612. The van der Waals surface area contributed by atoms with Crippen LogP contribution in [0.3, 0.4) is 0 Å². The molecule has 106 valence electrons. The Labute approximate surface area is 111 Å². The highest BCUT2D eigenvalue weighted by atomic mass is 16.5. The van der Waals surface area contributed by atoms with Crippen LogP contribution < -0.4 is 5.32 Å². The third-order valence-electron chi connectivity index (χ3n) is 4.43. The molecule has 0 saturated heterocycles. The Morgan fingerprint density at radius 2 is 2.06 bits per heavy atom. The molecule has 0 aromatic rings. The van der Waals surface area contributed by atoms with Crippen molar-refractivity contribution >= 4 is 0 Å². The molecule has 0 aromatic carbocycles. The number of hydrogen-bond donors (Lipinski definition) is 2. The van der Waals surface area contributed by atoms with Gasteiger partial charge in [0.05, 0.1) is 24.9 Å². The quantitative estimate of drug-likeness (QED) is 0.734. The summed E-state index contributed by atoms with van der Waals surface area (Å²) >= 11 is 0. The lowest BCUT2D eigenvalue weighted by atomic mass is 9.85. The van der Waals surface area contributed by atoms with E-state index in [0.29, 0.717) is 18.8 Å². The van der Waals surface area contributed by atoms with Gasteiger partial charge >= 0.3 is 0 Å². The minimum atomic E-state index is -0.250. The summed E-state index contributed by atoms with van der Waals surface area (Å²) in [5, 5.41) is 13.1. The second-order valence-electron chi connectivity index (χ2n) is 6.51. The summed E-state index contributed by atoms with van der Waals surface area (Å²) in [6.07, 6.45) is 9.26. The molecule has 2 N–H and O–H groups in total. The number of rotatable bonds is 7. The van der Waals surface area contributed by atoms with Crippen LogP contribution in [0.15, 0.2) is 0 Å². The maximum absolute atomic E-state index is 9.55. The number of ether oxygens (including phenoxy) is 1. The Morgan fingerprint density at radius 3 is 2.67 bits per heavy atom. The lowest BCUT2D eigenvalue weighted by Gasteiger charge is -2.34. The molecule has 2 rings (SSSR count). The second-order valence-corrected chi connectivity index (χ2v) is 6.51. The Kier molecular flexibility index (Phi) is 5.05. The van der Waals surface area contributed by atoms with E-state index in [9.17, 15) is 5.11 Å². The number of aliphatic hydroxyl groups is 1. The summed E-state index contributed by atoms with van der Waals surface area (Å²) in [4.78, 5) is 0. The van der Waals surface area contributed by atoms with Gasteiger partial charge < -0.3 is 15.2 Å². The van der Waals surface area contributed by atoms with E-state index in [1.807, 2.05) is 0 Å². The van der Waals surface area contributed by atoms with Gasteiger partial charge in [0.2, 0.25) is 0 Å². The molecule has 2 saturated carbocycles. The first kappa shape index (κ1) is 14.3. The van der Waals surface area contributed by atoms with Crippen molar-refractivity contribution in [3.63, 3.8) is 0 Å². The van der Waals surface area contributed by atoms with Crippen LogP contribution in [0.4, 0.5) is 0 Å². The van der Waals surface area contributed by atoms with Gasteiger partial charge in [-0.25, -0.2) is 0 Å². The number of aliphatic hydroxyl groups excluding tert-OH is 1. The van der Waals surface area contributed by atoms with Crippen LogP contribution in [0.25, 0.3) is 0 Å². The van der Waals surface area contributed by atoms with Crippen LogP contribution in [0.1, 0.15) is 58.8 Å². The molecule has 3 nitrogen and oxygen atoms in total. The first-order valence-electron chi connectivity index (χ1n) is 7.65. The molecule has 0 aromatic heterocycles. The Bertz CT molecular complexity index is 255. The van der Waals surface area contributed by atoms with E-state index in [4.69, 9.17) is 4.74 Å². The zero-order valence-corrected chi connectivity index (χ0v) is 12.0. The third kappa shape index (κ3) is 4.22. The number of nitrogens with one attached hydrogen (secondary N) is 1. The van der Waals surface area contributed by atoms with Crippen LogP contribution in [-0.2, 0) is 4.74 Å². The molecule has 0 spiro atoms. The van der Waals surface area contributed by atoms with E-state index in [2.05, 4.69) is 19.2 Å². The van der Waals surface area contributed by atoms with Crippen molar-refractivity contribution in [2.75, 3.05) is 13.2 Å². The predicted octanol–water partition coefficient (Wildman–Crippen LogP) is 2.47. The van der Waals surface area contributed by atoms with E-state index in [1.165, 1.54) is 44.9 Å². The van der Waals surface area contributed by atoms with E-state index >= 15 is 0 Å². The molecule has 0 radical (unpaired) electrons. The largest absolute Gasteiger partial charge is 0.394 e. The molecule has 18 heavy (non-hydrogen) atoms. The van der Waals surface area contributed by atoms with Gasteiger partial charge in [-0.1, -0.05) is 26.2 Å². The van der Waals surface area contributed by atoms with Crippen molar-refractivity contribution in [1.82, 2.24) is 5.32 Å². The predicted molar refractivity (Wildman–Crippen MR) is 73.6 cm³/mol. The standard InChI is InChI=1S/C15H29NO2/c1-3-12-5-4-6-14(9-12)18-11-15(2,10-17)16-13-7-8-13/h12-14,16-17H,3-11H2,1-2H3. The highest BCUT2D eigenvalue weighted by Gasteiger charge is 2.33. The molecule has 0 heterocycles. The summed E-state index contributed by atoms with van der Waals surface area (Å²) in [5.74, 6) is 0.848. The van der Waals surface area contributed by atoms with E-state index in [0.717, 1.165) is 5.92 Å². The van der Waals surface area contributed by atoms with Crippen LogP contribution in [0.2, 0.25) is 0 Å². The van der Waals surface area contributed by atoms with Crippen molar-refractivity contribution in [1.29, 1.82) is 0 Å². The van der Waals surface area contributed by atoms with Gasteiger partial charge in [0.15, 0.2) is 0 Å². The Morgan fingerprint density at radius 1 is 1.28 bits per heavy atom. The second kappa shape index (κ2) is 6.36. The normalized spacial score (nSPS) is 32.2.